The highest BCUT2D eigenvalue weighted by atomic mass is 16.6. The Balaban J connectivity index is 2.36. The van der Waals surface area contributed by atoms with Gasteiger partial charge in [0.15, 0.2) is 0 Å². The number of benzene rings is 1. The number of hydrogen-bond acceptors (Lipinski definition) is 4. The van der Waals surface area contributed by atoms with Crippen molar-refractivity contribution < 1.29 is 19.1 Å². The normalized spacial score (nSPS) is 11.4. The molecule has 1 aromatic carbocycles. The third kappa shape index (κ3) is 3.42. The van der Waals surface area contributed by atoms with Gasteiger partial charge >= 0.3 is 11.9 Å². The van der Waals surface area contributed by atoms with Gasteiger partial charge in [-0.2, -0.15) is 0 Å². The van der Waals surface area contributed by atoms with Gasteiger partial charge in [-0.05, 0) is 26.8 Å². The van der Waals surface area contributed by atoms with Crippen LogP contribution in [0.1, 0.15) is 31.1 Å². The monoisotopic (exact) mass is 289 g/mol. The van der Waals surface area contributed by atoms with Gasteiger partial charge in [-0.1, -0.05) is 18.2 Å². The molecule has 2 aromatic rings. The standard InChI is InChI=1S/C16H19NO4/c1-16(2,3)21-14(18)10-17-9-12(15(19)20-4)11-7-5-6-8-13(11)17/h5-9H,10H2,1-4H3. The van der Waals surface area contributed by atoms with Crippen molar-refractivity contribution >= 4 is 22.8 Å². The minimum absolute atomic E-state index is 0.0504. The molecule has 0 saturated heterocycles. The number of fused-ring (bicyclic) bond motifs is 1. The Kier molecular flexibility index (Phi) is 4.02. The average Bonchev–Trinajstić information content (AvgIpc) is 2.75. The molecule has 0 aliphatic heterocycles. The zero-order valence-corrected chi connectivity index (χ0v) is 12.7. The predicted molar refractivity (Wildman–Crippen MR) is 79.1 cm³/mol. The van der Waals surface area contributed by atoms with Crippen molar-refractivity contribution in [3.05, 3.63) is 36.0 Å². The van der Waals surface area contributed by atoms with Crippen molar-refractivity contribution in [1.82, 2.24) is 4.57 Å². The number of para-hydroxylation sites is 1. The summed E-state index contributed by atoms with van der Waals surface area (Å²) in [6, 6.07) is 7.38. The Morgan fingerprint density at radius 3 is 2.48 bits per heavy atom. The number of aromatic nitrogens is 1. The number of hydrogen-bond donors (Lipinski definition) is 0. The Hall–Kier alpha value is -2.30. The molecule has 0 radical (unpaired) electrons. The zero-order chi connectivity index (χ0) is 15.6. The fourth-order valence-electron chi connectivity index (χ4n) is 2.16. The number of carbonyl (C=O) groups excluding carboxylic acids is 2. The summed E-state index contributed by atoms with van der Waals surface area (Å²) in [6.07, 6.45) is 1.63. The molecule has 0 aliphatic carbocycles. The molecule has 1 heterocycles. The molecule has 0 unspecified atom stereocenters. The average molecular weight is 289 g/mol. The van der Waals surface area contributed by atoms with Crippen LogP contribution in [0.5, 0.6) is 0 Å². The van der Waals surface area contributed by atoms with E-state index in [1.54, 1.807) is 10.8 Å². The summed E-state index contributed by atoms with van der Waals surface area (Å²) in [7, 11) is 1.34. The third-order valence-electron chi connectivity index (χ3n) is 2.91. The maximum atomic E-state index is 12.0. The van der Waals surface area contributed by atoms with Crippen LogP contribution in [0.3, 0.4) is 0 Å². The number of esters is 2. The van der Waals surface area contributed by atoms with Crippen LogP contribution in [0.15, 0.2) is 30.5 Å². The van der Waals surface area contributed by atoms with E-state index in [0.717, 1.165) is 10.9 Å². The number of nitrogens with zero attached hydrogens (tertiary/aromatic N) is 1. The molecule has 0 fully saturated rings. The van der Waals surface area contributed by atoms with E-state index in [4.69, 9.17) is 9.47 Å². The summed E-state index contributed by atoms with van der Waals surface area (Å²) in [4.78, 5) is 23.8. The second-order valence-electron chi connectivity index (χ2n) is 5.77. The van der Waals surface area contributed by atoms with Gasteiger partial charge in [-0.25, -0.2) is 4.79 Å². The van der Waals surface area contributed by atoms with Gasteiger partial charge in [0.25, 0.3) is 0 Å². The topological polar surface area (TPSA) is 57.5 Å². The van der Waals surface area contributed by atoms with Crippen LogP contribution in [-0.2, 0) is 20.8 Å². The quantitative estimate of drug-likeness (QED) is 0.815. The molecule has 0 aliphatic rings. The SMILES string of the molecule is COC(=O)c1cn(CC(=O)OC(C)(C)C)c2ccccc12. The van der Waals surface area contributed by atoms with Crippen LogP contribution in [0.4, 0.5) is 0 Å². The molecule has 0 atom stereocenters. The molecule has 0 saturated carbocycles. The van der Waals surface area contributed by atoms with E-state index in [9.17, 15) is 9.59 Å². The minimum Gasteiger partial charge on any atom is -0.465 e. The van der Waals surface area contributed by atoms with Gasteiger partial charge in [-0.15, -0.1) is 0 Å². The lowest BCUT2D eigenvalue weighted by Gasteiger charge is -2.19. The fourth-order valence-corrected chi connectivity index (χ4v) is 2.16. The molecular weight excluding hydrogens is 270 g/mol. The number of carbonyl (C=O) groups is 2. The largest absolute Gasteiger partial charge is 0.465 e. The second-order valence-corrected chi connectivity index (χ2v) is 5.77. The van der Waals surface area contributed by atoms with Crippen LogP contribution in [-0.4, -0.2) is 29.2 Å². The summed E-state index contributed by atoms with van der Waals surface area (Å²) in [5.74, 6) is -0.770. The van der Waals surface area contributed by atoms with Crippen molar-refractivity contribution in [3.8, 4) is 0 Å². The molecule has 2 rings (SSSR count). The van der Waals surface area contributed by atoms with E-state index >= 15 is 0 Å². The maximum absolute atomic E-state index is 12.0. The summed E-state index contributed by atoms with van der Waals surface area (Å²) >= 11 is 0. The van der Waals surface area contributed by atoms with E-state index in [1.807, 2.05) is 45.0 Å². The number of rotatable bonds is 3. The molecule has 0 amide bonds. The van der Waals surface area contributed by atoms with Crippen LogP contribution >= 0.6 is 0 Å². The van der Waals surface area contributed by atoms with E-state index in [-0.39, 0.29) is 12.5 Å². The van der Waals surface area contributed by atoms with Crippen LogP contribution in [0.2, 0.25) is 0 Å². The highest BCUT2D eigenvalue weighted by molar-refractivity contribution is 6.04. The van der Waals surface area contributed by atoms with E-state index in [2.05, 4.69) is 0 Å². The molecule has 0 bridgehead atoms. The van der Waals surface area contributed by atoms with E-state index in [1.165, 1.54) is 7.11 Å². The fraction of sp³-hybridized carbons (Fsp3) is 0.375. The van der Waals surface area contributed by atoms with Crippen molar-refractivity contribution in [2.75, 3.05) is 7.11 Å². The van der Waals surface area contributed by atoms with Crippen LogP contribution in [0, 0.1) is 0 Å². The van der Waals surface area contributed by atoms with Crippen LogP contribution < -0.4 is 0 Å². The molecule has 1 aromatic heterocycles. The molecule has 0 spiro atoms. The smallest absolute Gasteiger partial charge is 0.340 e. The predicted octanol–water partition coefficient (Wildman–Crippen LogP) is 2.77. The summed E-state index contributed by atoms with van der Waals surface area (Å²) in [5.41, 5.74) is 0.700. The Morgan fingerprint density at radius 2 is 1.86 bits per heavy atom. The molecule has 5 nitrogen and oxygen atoms in total. The van der Waals surface area contributed by atoms with Gasteiger partial charge in [-0.3, -0.25) is 4.79 Å². The molecule has 112 valence electrons. The lowest BCUT2D eigenvalue weighted by Crippen LogP contribution is -2.26. The first-order valence-electron chi connectivity index (χ1n) is 6.70. The second kappa shape index (κ2) is 5.60. The molecular formula is C16H19NO4. The first kappa shape index (κ1) is 15.1. The van der Waals surface area contributed by atoms with Crippen molar-refractivity contribution in [2.45, 2.75) is 32.9 Å². The van der Waals surface area contributed by atoms with Gasteiger partial charge in [0.1, 0.15) is 12.1 Å². The highest BCUT2D eigenvalue weighted by Gasteiger charge is 2.20. The van der Waals surface area contributed by atoms with E-state index in [0.29, 0.717) is 5.56 Å². The third-order valence-corrected chi connectivity index (χ3v) is 2.91. The summed E-state index contributed by atoms with van der Waals surface area (Å²) in [5, 5.41) is 0.757. The first-order chi connectivity index (χ1) is 9.81. The number of ether oxygens (including phenoxy) is 2. The minimum atomic E-state index is -0.536. The van der Waals surface area contributed by atoms with Crippen molar-refractivity contribution in [2.24, 2.45) is 0 Å². The molecule has 5 heteroatoms. The van der Waals surface area contributed by atoms with Gasteiger partial charge in [0, 0.05) is 17.1 Å². The Morgan fingerprint density at radius 1 is 1.19 bits per heavy atom. The lowest BCUT2D eigenvalue weighted by molar-refractivity contribution is -0.155. The number of methoxy groups -OCH3 is 1. The van der Waals surface area contributed by atoms with Gasteiger partial charge < -0.3 is 14.0 Å². The van der Waals surface area contributed by atoms with Crippen molar-refractivity contribution in [3.63, 3.8) is 0 Å². The lowest BCUT2D eigenvalue weighted by atomic mass is 10.2. The Labute approximate surface area is 123 Å². The van der Waals surface area contributed by atoms with Gasteiger partial charge in [0.05, 0.1) is 12.7 Å². The first-order valence-corrected chi connectivity index (χ1v) is 6.70. The van der Waals surface area contributed by atoms with Gasteiger partial charge in [0.2, 0.25) is 0 Å². The van der Waals surface area contributed by atoms with Crippen molar-refractivity contribution in [1.29, 1.82) is 0 Å². The molecule has 21 heavy (non-hydrogen) atoms. The summed E-state index contributed by atoms with van der Waals surface area (Å²) in [6.45, 7) is 5.50. The maximum Gasteiger partial charge on any atom is 0.340 e. The Bertz CT molecular complexity index is 679. The molecule has 0 N–H and O–H groups in total. The highest BCUT2D eigenvalue weighted by Crippen LogP contribution is 2.22. The van der Waals surface area contributed by atoms with E-state index < -0.39 is 11.6 Å². The van der Waals surface area contributed by atoms with Crippen LogP contribution in [0.25, 0.3) is 10.9 Å². The zero-order valence-electron chi connectivity index (χ0n) is 12.7. The summed E-state index contributed by atoms with van der Waals surface area (Å²) < 4.78 is 11.8.